The van der Waals surface area contributed by atoms with Gasteiger partial charge in [-0.3, -0.25) is 14.5 Å². The van der Waals surface area contributed by atoms with Crippen molar-refractivity contribution in [2.45, 2.75) is 0 Å². The molecule has 0 saturated carbocycles. The number of carboxylic acid groups (broad SMARTS) is 1. The number of rotatable bonds is 3. The van der Waals surface area contributed by atoms with E-state index in [1.54, 1.807) is 0 Å². The van der Waals surface area contributed by atoms with Crippen LogP contribution in [0.5, 0.6) is 0 Å². The Morgan fingerprint density at radius 2 is 2.30 bits per heavy atom. The third-order valence-corrected chi connectivity index (χ3v) is 3.39. The quantitative estimate of drug-likeness (QED) is 0.652. The number of aromatic nitrogens is 2. The van der Waals surface area contributed by atoms with Crippen molar-refractivity contribution < 1.29 is 19.5 Å². The number of amides is 2. The first kappa shape index (κ1) is 13.8. The first-order chi connectivity index (χ1) is 9.40. The molecule has 0 atom stereocenters. The zero-order chi connectivity index (χ0) is 14.9. The van der Waals surface area contributed by atoms with Gasteiger partial charge in [-0.15, -0.1) is 0 Å². The van der Waals surface area contributed by atoms with Crippen molar-refractivity contribution >= 4 is 40.5 Å². The third-order valence-electron chi connectivity index (χ3n) is 2.33. The molecule has 0 spiro atoms. The number of aliphatic imine (C=N–C) groups is 1. The first-order valence-corrected chi connectivity index (χ1v) is 6.04. The lowest BCUT2D eigenvalue weighted by Crippen LogP contribution is -2.24. The molecule has 2 amide bonds. The number of nitrogens with zero attached hydrogens (tertiary/aromatic N) is 3. The van der Waals surface area contributed by atoms with Crippen LogP contribution in [-0.4, -0.2) is 50.0 Å². The van der Waals surface area contributed by atoms with Gasteiger partial charge < -0.3 is 15.8 Å². The standard InChI is InChI=1S/C10H9N5O4S/c1-15-9(19)4(2-5(16)17)20-10(15)14-8-6(7(11)18)12-3-13-8/h2-3H,1H3,(H2,11,18)(H,12,13)(H,16,17). The molecule has 2 rings (SSSR count). The van der Waals surface area contributed by atoms with Crippen molar-refractivity contribution in [3.63, 3.8) is 0 Å². The van der Waals surface area contributed by atoms with E-state index in [-0.39, 0.29) is 21.6 Å². The molecule has 9 nitrogen and oxygen atoms in total. The second kappa shape index (κ2) is 5.17. The Bertz CT molecular complexity index is 662. The lowest BCUT2D eigenvalue weighted by molar-refractivity contribution is -0.132. The number of hydrogen-bond donors (Lipinski definition) is 3. The fourth-order valence-electron chi connectivity index (χ4n) is 1.41. The van der Waals surface area contributed by atoms with Crippen LogP contribution in [0.25, 0.3) is 0 Å². The highest BCUT2D eigenvalue weighted by atomic mass is 32.2. The van der Waals surface area contributed by atoms with Gasteiger partial charge in [0.2, 0.25) is 0 Å². The van der Waals surface area contributed by atoms with Crippen LogP contribution in [0.15, 0.2) is 22.3 Å². The van der Waals surface area contributed by atoms with Gasteiger partial charge in [-0.1, -0.05) is 0 Å². The molecule has 1 aliphatic rings. The normalized spacial score (nSPS) is 19.1. The number of carbonyl (C=O) groups is 3. The van der Waals surface area contributed by atoms with E-state index in [4.69, 9.17) is 10.8 Å². The van der Waals surface area contributed by atoms with Crippen molar-refractivity contribution in [3.8, 4) is 0 Å². The molecule has 1 aromatic heterocycles. The van der Waals surface area contributed by atoms with Crippen LogP contribution in [-0.2, 0) is 9.59 Å². The molecule has 0 aromatic carbocycles. The summed E-state index contributed by atoms with van der Waals surface area (Å²) in [6.07, 6.45) is 2.04. The van der Waals surface area contributed by atoms with Crippen molar-refractivity contribution in [1.29, 1.82) is 0 Å². The maximum atomic E-state index is 11.8. The van der Waals surface area contributed by atoms with Crippen molar-refractivity contribution in [1.82, 2.24) is 14.9 Å². The zero-order valence-electron chi connectivity index (χ0n) is 10.2. The van der Waals surface area contributed by atoms with E-state index in [0.29, 0.717) is 0 Å². The van der Waals surface area contributed by atoms with Crippen LogP contribution >= 0.6 is 11.8 Å². The van der Waals surface area contributed by atoms with Crippen molar-refractivity contribution in [2.24, 2.45) is 10.7 Å². The molecule has 20 heavy (non-hydrogen) atoms. The molecular formula is C10H9N5O4S. The lowest BCUT2D eigenvalue weighted by atomic mass is 10.4. The van der Waals surface area contributed by atoms with E-state index >= 15 is 0 Å². The average molecular weight is 295 g/mol. The largest absolute Gasteiger partial charge is 0.478 e. The summed E-state index contributed by atoms with van der Waals surface area (Å²) in [6.45, 7) is 0. The van der Waals surface area contributed by atoms with Gasteiger partial charge in [-0.25, -0.2) is 14.8 Å². The first-order valence-electron chi connectivity index (χ1n) is 5.22. The molecule has 1 saturated heterocycles. The Morgan fingerprint density at radius 3 is 2.90 bits per heavy atom. The summed E-state index contributed by atoms with van der Waals surface area (Å²) in [4.78, 5) is 45.1. The number of H-pyrrole nitrogens is 1. The van der Waals surface area contributed by atoms with Crippen LogP contribution in [0, 0.1) is 0 Å². The second-order valence-corrected chi connectivity index (χ2v) is 4.68. The number of aromatic amines is 1. The Morgan fingerprint density at radius 1 is 1.60 bits per heavy atom. The summed E-state index contributed by atoms with van der Waals surface area (Å²) >= 11 is 0.875. The topological polar surface area (TPSA) is 142 Å². The predicted molar refractivity (Wildman–Crippen MR) is 70.3 cm³/mol. The summed E-state index contributed by atoms with van der Waals surface area (Å²) in [5, 5.41) is 8.86. The molecule has 1 aromatic rings. The Kier molecular flexibility index (Phi) is 3.57. The molecule has 1 fully saturated rings. The minimum absolute atomic E-state index is 0.00890. The highest BCUT2D eigenvalue weighted by molar-refractivity contribution is 8.18. The minimum atomic E-state index is -1.23. The number of carbonyl (C=O) groups excluding carboxylic acids is 2. The molecule has 0 unspecified atom stereocenters. The fraction of sp³-hybridized carbons (Fsp3) is 0.100. The number of primary amides is 1. The number of nitrogens with one attached hydrogen (secondary N) is 1. The van der Waals surface area contributed by atoms with Gasteiger partial charge in [0.15, 0.2) is 16.7 Å². The lowest BCUT2D eigenvalue weighted by Gasteiger charge is -2.06. The van der Waals surface area contributed by atoms with Gasteiger partial charge in [0.1, 0.15) is 0 Å². The molecule has 0 aliphatic carbocycles. The number of carboxylic acids is 1. The maximum absolute atomic E-state index is 11.8. The summed E-state index contributed by atoms with van der Waals surface area (Å²) in [6, 6.07) is 0. The highest BCUT2D eigenvalue weighted by Gasteiger charge is 2.31. The Labute approximate surface area is 116 Å². The number of aliphatic carboxylic acids is 1. The molecule has 0 bridgehead atoms. The smallest absolute Gasteiger partial charge is 0.329 e. The van der Waals surface area contributed by atoms with Gasteiger partial charge in [0, 0.05) is 13.1 Å². The SMILES string of the molecule is CN1C(=O)C(=CC(=O)O)SC1=Nc1nc[nH]c1C(N)=O. The van der Waals surface area contributed by atoms with Gasteiger partial charge in [0.05, 0.1) is 11.2 Å². The van der Waals surface area contributed by atoms with Crippen LogP contribution < -0.4 is 5.73 Å². The maximum Gasteiger partial charge on any atom is 0.329 e. The average Bonchev–Trinajstić information content (AvgIpc) is 2.91. The van der Waals surface area contributed by atoms with E-state index in [0.717, 1.165) is 17.8 Å². The Hall–Kier alpha value is -2.62. The molecule has 104 valence electrons. The van der Waals surface area contributed by atoms with E-state index < -0.39 is 17.8 Å². The minimum Gasteiger partial charge on any atom is -0.478 e. The van der Waals surface area contributed by atoms with E-state index in [9.17, 15) is 14.4 Å². The highest BCUT2D eigenvalue weighted by Crippen LogP contribution is 2.31. The van der Waals surface area contributed by atoms with E-state index in [1.807, 2.05) is 0 Å². The summed E-state index contributed by atoms with van der Waals surface area (Å²) in [5.74, 6) is -2.42. The number of imidazole rings is 1. The molecule has 1 aliphatic heterocycles. The summed E-state index contributed by atoms with van der Waals surface area (Å²) in [7, 11) is 1.44. The summed E-state index contributed by atoms with van der Waals surface area (Å²) in [5.41, 5.74) is 5.14. The molecule has 10 heteroatoms. The Balaban J connectivity index is 2.36. The van der Waals surface area contributed by atoms with Gasteiger partial charge >= 0.3 is 5.97 Å². The fourth-order valence-corrected chi connectivity index (χ4v) is 2.34. The van der Waals surface area contributed by atoms with Gasteiger partial charge in [0.25, 0.3) is 11.8 Å². The molecule has 0 radical (unpaired) electrons. The van der Waals surface area contributed by atoms with Crippen LogP contribution in [0.3, 0.4) is 0 Å². The van der Waals surface area contributed by atoms with Crippen LogP contribution in [0.1, 0.15) is 10.5 Å². The van der Waals surface area contributed by atoms with Crippen molar-refractivity contribution in [2.75, 3.05) is 7.05 Å². The molecule has 4 N–H and O–H groups in total. The number of amidine groups is 1. The number of likely N-dealkylation sites (N-methyl/N-ethyl adjacent to an activating group) is 1. The third kappa shape index (κ3) is 2.54. The monoisotopic (exact) mass is 295 g/mol. The van der Waals surface area contributed by atoms with E-state index in [1.165, 1.54) is 18.3 Å². The molecule has 2 heterocycles. The zero-order valence-corrected chi connectivity index (χ0v) is 11.0. The predicted octanol–water partition coefficient (Wildman–Crippen LogP) is -0.330. The van der Waals surface area contributed by atoms with E-state index in [2.05, 4.69) is 15.0 Å². The summed E-state index contributed by atoms with van der Waals surface area (Å²) < 4.78 is 0. The van der Waals surface area contributed by atoms with Crippen LogP contribution in [0.2, 0.25) is 0 Å². The van der Waals surface area contributed by atoms with Gasteiger partial charge in [-0.2, -0.15) is 0 Å². The van der Waals surface area contributed by atoms with Crippen LogP contribution in [0.4, 0.5) is 5.82 Å². The number of hydrogen-bond acceptors (Lipinski definition) is 6. The second-order valence-electron chi connectivity index (χ2n) is 3.67. The van der Waals surface area contributed by atoms with Crippen molar-refractivity contribution in [3.05, 3.63) is 23.0 Å². The number of thioether (sulfide) groups is 1. The number of nitrogens with two attached hydrogens (primary N) is 1. The van der Waals surface area contributed by atoms with Gasteiger partial charge in [-0.05, 0) is 11.8 Å². The molecular weight excluding hydrogens is 286 g/mol.